The second-order valence-electron chi connectivity index (χ2n) is 7.86. The molecule has 4 rings (SSSR count). The molecule has 1 aliphatic heterocycles. The molecule has 2 amide bonds. The second kappa shape index (κ2) is 10.4. The SMILES string of the molecule is COc1ccc(CCN2C(=S)N(c3ccc(F)cc3)C(=O)C2CC(=O)Nc2ccccc2)cc1. The van der Waals surface area contributed by atoms with Crippen molar-refractivity contribution >= 4 is 40.5 Å². The molecule has 8 heteroatoms. The zero-order valence-corrected chi connectivity index (χ0v) is 19.4. The van der Waals surface area contributed by atoms with Crippen molar-refractivity contribution in [1.29, 1.82) is 0 Å². The van der Waals surface area contributed by atoms with Crippen LogP contribution in [0.1, 0.15) is 12.0 Å². The van der Waals surface area contributed by atoms with Crippen LogP contribution in [0, 0.1) is 5.82 Å². The maximum absolute atomic E-state index is 13.5. The van der Waals surface area contributed by atoms with Crippen LogP contribution < -0.4 is 15.0 Å². The van der Waals surface area contributed by atoms with Gasteiger partial charge < -0.3 is 15.0 Å². The number of carbonyl (C=O) groups is 2. The highest BCUT2D eigenvalue weighted by molar-refractivity contribution is 7.80. The smallest absolute Gasteiger partial charge is 0.256 e. The lowest BCUT2D eigenvalue weighted by Crippen LogP contribution is -2.39. The summed E-state index contributed by atoms with van der Waals surface area (Å²) in [5, 5.41) is 3.12. The van der Waals surface area contributed by atoms with Gasteiger partial charge >= 0.3 is 0 Å². The van der Waals surface area contributed by atoms with Gasteiger partial charge in [-0.15, -0.1) is 0 Å². The van der Waals surface area contributed by atoms with Crippen LogP contribution >= 0.6 is 12.2 Å². The number of nitrogens with one attached hydrogen (secondary N) is 1. The predicted octanol–water partition coefficient (Wildman–Crippen LogP) is 4.41. The van der Waals surface area contributed by atoms with Gasteiger partial charge in [0.2, 0.25) is 5.91 Å². The monoisotopic (exact) mass is 477 g/mol. The summed E-state index contributed by atoms with van der Waals surface area (Å²) >= 11 is 5.65. The highest BCUT2D eigenvalue weighted by Crippen LogP contribution is 2.28. The average Bonchev–Trinajstić information content (AvgIpc) is 3.08. The normalized spacial score (nSPS) is 15.5. The Balaban J connectivity index is 1.54. The van der Waals surface area contributed by atoms with Crippen LogP contribution in [0.3, 0.4) is 0 Å². The Morgan fingerprint density at radius 1 is 1.03 bits per heavy atom. The highest BCUT2D eigenvalue weighted by Gasteiger charge is 2.43. The van der Waals surface area contributed by atoms with E-state index in [0.717, 1.165) is 11.3 Å². The number of methoxy groups -OCH3 is 1. The molecule has 3 aromatic rings. The third-order valence-corrected chi connectivity index (χ3v) is 6.06. The first kappa shape index (κ1) is 23.4. The number of halogens is 1. The van der Waals surface area contributed by atoms with E-state index < -0.39 is 11.9 Å². The van der Waals surface area contributed by atoms with Crippen LogP contribution in [-0.2, 0) is 16.0 Å². The molecule has 174 valence electrons. The third kappa shape index (κ3) is 5.23. The standard InChI is InChI=1S/C26H24FN3O3S/c1-33-22-13-7-18(8-14-22)15-16-29-23(17-24(31)28-20-5-3-2-4-6-20)25(32)30(26(29)34)21-11-9-19(27)10-12-21/h2-14,23H,15-17H2,1H3,(H,28,31). The van der Waals surface area contributed by atoms with Gasteiger partial charge in [0.15, 0.2) is 5.11 Å². The number of benzene rings is 3. The van der Waals surface area contributed by atoms with Crippen LogP contribution in [0.15, 0.2) is 78.9 Å². The Hall–Kier alpha value is -3.78. The molecule has 3 aromatic carbocycles. The van der Waals surface area contributed by atoms with Gasteiger partial charge in [0.25, 0.3) is 5.91 Å². The largest absolute Gasteiger partial charge is 0.497 e. The summed E-state index contributed by atoms with van der Waals surface area (Å²) in [6.45, 7) is 0.442. The van der Waals surface area contributed by atoms with Crippen LogP contribution in [0.4, 0.5) is 15.8 Å². The maximum atomic E-state index is 13.5. The van der Waals surface area contributed by atoms with Crippen molar-refractivity contribution in [1.82, 2.24) is 4.90 Å². The predicted molar refractivity (Wildman–Crippen MR) is 133 cm³/mol. The van der Waals surface area contributed by atoms with Gasteiger partial charge in [-0.2, -0.15) is 0 Å². The zero-order valence-electron chi connectivity index (χ0n) is 18.6. The molecule has 1 heterocycles. The molecule has 34 heavy (non-hydrogen) atoms. The number of nitrogens with zero attached hydrogens (tertiary/aromatic N) is 2. The average molecular weight is 478 g/mol. The summed E-state index contributed by atoms with van der Waals surface area (Å²) in [6, 6.07) is 21.5. The zero-order chi connectivity index (χ0) is 24.1. The summed E-state index contributed by atoms with van der Waals surface area (Å²) in [7, 11) is 1.61. The first-order valence-corrected chi connectivity index (χ1v) is 11.2. The van der Waals surface area contributed by atoms with E-state index in [1.807, 2.05) is 42.5 Å². The van der Waals surface area contributed by atoms with Crippen molar-refractivity contribution in [2.24, 2.45) is 0 Å². The van der Waals surface area contributed by atoms with E-state index in [1.165, 1.54) is 29.2 Å². The van der Waals surface area contributed by atoms with Crippen LogP contribution in [0.2, 0.25) is 0 Å². The van der Waals surface area contributed by atoms with Gasteiger partial charge in [0.1, 0.15) is 17.6 Å². The number of carbonyl (C=O) groups excluding carboxylic acids is 2. The summed E-state index contributed by atoms with van der Waals surface area (Å²) in [5.41, 5.74) is 2.17. The Morgan fingerprint density at radius 2 is 1.71 bits per heavy atom. The first-order chi connectivity index (χ1) is 16.5. The molecule has 0 saturated carbocycles. The lowest BCUT2D eigenvalue weighted by atomic mass is 10.1. The van der Waals surface area contributed by atoms with Crippen LogP contribution in [0.25, 0.3) is 0 Å². The minimum Gasteiger partial charge on any atom is -0.497 e. The molecule has 1 fully saturated rings. The highest BCUT2D eigenvalue weighted by atomic mass is 32.1. The van der Waals surface area contributed by atoms with E-state index in [9.17, 15) is 14.0 Å². The van der Waals surface area contributed by atoms with E-state index in [4.69, 9.17) is 17.0 Å². The number of ether oxygens (including phenoxy) is 1. The van der Waals surface area contributed by atoms with Crippen molar-refractivity contribution in [3.8, 4) is 5.75 Å². The van der Waals surface area contributed by atoms with Crippen molar-refractivity contribution in [2.75, 3.05) is 23.9 Å². The van der Waals surface area contributed by atoms with Crippen LogP contribution in [-0.4, -0.2) is 41.5 Å². The second-order valence-corrected chi connectivity index (χ2v) is 8.22. The van der Waals surface area contributed by atoms with E-state index in [2.05, 4.69) is 5.32 Å². The lowest BCUT2D eigenvalue weighted by molar-refractivity contribution is -0.124. The van der Waals surface area contributed by atoms with Crippen molar-refractivity contribution in [2.45, 2.75) is 18.9 Å². The van der Waals surface area contributed by atoms with E-state index in [-0.39, 0.29) is 18.2 Å². The fourth-order valence-electron chi connectivity index (χ4n) is 3.87. The van der Waals surface area contributed by atoms with Gasteiger partial charge in [0.05, 0.1) is 19.2 Å². The lowest BCUT2D eigenvalue weighted by Gasteiger charge is -2.24. The summed E-state index contributed by atoms with van der Waals surface area (Å²) < 4.78 is 18.7. The van der Waals surface area contributed by atoms with Crippen molar-refractivity contribution in [3.63, 3.8) is 0 Å². The van der Waals surface area contributed by atoms with Gasteiger partial charge in [-0.1, -0.05) is 30.3 Å². The molecule has 0 spiro atoms. The van der Waals surface area contributed by atoms with E-state index in [0.29, 0.717) is 29.5 Å². The van der Waals surface area contributed by atoms with Crippen molar-refractivity contribution < 1.29 is 18.7 Å². The fraction of sp³-hybridized carbons (Fsp3) is 0.192. The minimum absolute atomic E-state index is 0.0613. The van der Waals surface area contributed by atoms with Crippen LogP contribution in [0.5, 0.6) is 5.75 Å². The molecule has 0 radical (unpaired) electrons. The molecule has 1 saturated heterocycles. The molecule has 1 N–H and O–H groups in total. The number of amides is 2. The molecule has 1 unspecified atom stereocenters. The maximum Gasteiger partial charge on any atom is 0.256 e. The molecule has 0 aliphatic carbocycles. The van der Waals surface area contributed by atoms with Gasteiger partial charge in [-0.3, -0.25) is 14.5 Å². The van der Waals surface area contributed by atoms with E-state index in [1.54, 1.807) is 24.1 Å². The molecular weight excluding hydrogens is 453 g/mol. The molecule has 0 bridgehead atoms. The molecule has 1 aliphatic rings. The Bertz CT molecular complexity index is 1170. The summed E-state index contributed by atoms with van der Waals surface area (Å²) in [5.74, 6) is -0.248. The number of hydrogen-bond acceptors (Lipinski definition) is 4. The van der Waals surface area contributed by atoms with Gasteiger partial charge in [-0.25, -0.2) is 4.39 Å². The summed E-state index contributed by atoms with van der Waals surface area (Å²) in [4.78, 5) is 29.3. The number of para-hydroxylation sites is 1. The minimum atomic E-state index is -0.764. The van der Waals surface area contributed by atoms with E-state index >= 15 is 0 Å². The first-order valence-electron chi connectivity index (χ1n) is 10.8. The number of rotatable bonds is 8. The van der Waals surface area contributed by atoms with Crippen molar-refractivity contribution in [3.05, 3.63) is 90.2 Å². The molecular formula is C26H24FN3O3S. The number of anilines is 2. The fourth-order valence-corrected chi connectivity index (χ4v) is 4.28. The Morgan fingerprint density at radius 3 is 2.35 bits per heavy atom. The Labute approximate surface area is 202 Å². The van der Waals surface area contributed by atoms with Gasteiger partial charge in [0, 0.05) is 12.2 Å². The number of thiocarbonyl (C=S) groups is 1. The van der Waals surface area contributed by atoms with Gasteiger partial charge in [-0.05, 0) is 72.7 Å². The third-order valence-electron chi connectivity index (χ3n) is 5.64. The molecule has 1 atom stereocenters. The number of hydrogen-bond donors (Lipinski definition) is 1. The molecule has 0 aromatic heterocycles. The summed E-state index contributed by atoms with van der Waals surface area (Å²) in [6.07, 6.45) is 0.555. The topological polar surface area (TPSA) is 61.9 Å². The Kier molecular flexibility index (Phi) is 7.18. The quantitative estimate of drug-likeness (QED) is 0.487. The molecule has 6 nitrogen and oxygen atoms in total.